The van der Waals surface area contributed by atoms with Gasteiger partial charge in [-0.05, 0) is 48.7 Å². The van der Waals surface area contributed by atoms with Crippen molar-refractivity contribution >= 4 is 17.5 Å². The van der Waals surface area contributed by atoms with Crippen molar-refractivity contribution in [1.29, 1.82) is 0 Å². The van der Waals surface area contributed by atoms with Crippen LogP contribution in [-0.2, 0) is 6.54 Å². The fraction of sp³-hybridized carbons (Fsp3) is 0.278. The minimum atomic E-state index is -0.0646. The van der Waals surface area contributed by atoms with E-state index in [-0.39, 0.29) is 22.7 Å². The minimum absolute atomic E-state index is 0.0173. The number of halogens is 1. The maximum Gasteiger partial charge on any atom is 0.254 e. The Morgan fingerprint density at radius 1 is 1.26 bits per heavy atom. The molecule has 1 aliphatic carbocycles. The first-order valence-corrected chi connectivity index (χ1v) is 7.88. The summed E-state index contributed by atoms with van der Waals surface area (Å²) in [7, 11) is 1.63. The second kappa shape index (κ2) is 6.50. The standard InChI is InChI=1S/C18H18ClNO3/c1-23-15-7-2-12(3-8-15)11-20(14-5-6-14)18(22)13-4-9-17(21)16(19)10-13/h2-4,7-10,14,21H,5-6,11H2,1H3. The zero-order valence-electron chi connectivity index (χ0n) is 12.8. The fourth-order valence-electron chi connectivity index (χ4n) is 2.49. The number of ether oxygens (including phenoxy) is 1. The van der Waals surface area contributed by atoms with Gasteiger partial charge in [-0.25, -0.2) is 0 Å². The van der Waals surface area contributed by atoms with Crippen LogP contribution < -0.4 is 4.74 Å². The summed E-state index contributed by atoms with van der Waals surface area (Å²) in [5.74, 6) is 0.713. The lowest BCUT2D eigenvalue weighted by molar-refractivity contribution is 0.0730. The number of carbonyl (C=O) groups is 1. The normalized spacial score (nSPS) is 13.7. The molecule has 0 unspecified atom stereocenters. The molecular formula is C18H18ClNO3. The second-order valence-electron chi connectivity index (χ2n) is 5.68. The Morgan fingerprint density at radius 2 is 1.96 bits per heavy atom. The first-order chi connectivity index (χ1) is 11.1. The quantitative estimate of drug-likeness (QED) is 0.905. The zero-order chi connectivity index (χ0) is 16.4. The molecule has 5 heteroatoms. The molecule has 0 saturated heterocycles. The first kappa shape index (κ1) is 15.7. The molecule has 0 radical (unpaired) electrons. The summed E-state index contributed by atoms with van der Waals surface area (Å²) in [6.45, 7) is 0.548. The van der Waals surface area contributed by atoms with Crippen molar-refractivity contribution in [2.24, 2.45) is 0 Å². The molecule has 0 bridgehead atoms. The summed E-state index contributed by atoms with van der Waals surface area (Å²) in [5.41, 5.74) is 1.55. The molecule has 0 aliphatic heterocycles. The predicted octanol–water partition coefficient (Wildman–Crippen LogP) is 3.86. The van der Waals surface area contributed by atoms with Crippen LogP contribution in [-0.4, -0.2) is 29.1 Å². The first-order valence-electron chi connectivity index (χ1n) is 7.51. The molecule has 0 heterocycles. The van der Waals surface area contributed by atoms with Gasteiger partial charge in [0.05, 0.1) is 12.1 Å². The van der Waals surface area contributed by atoms with E-state index in [4.69, 9.17) is 16.3 Å². The molecule has 3 rings (SSSR count). The summed E-state index contributed by atoms with van der Waals surface area (Å²) in [4.78, 5) is 14.6. The number of hydrogen-bond acceptors (Lipinski definition) is 3. The minimum Gasteiger partial charge on any atom is -0.506 e. The van der Waals surface area contributed by atoms with Gasteiger partial charge in [0, 0.05) is 18.2 Å². The molecule has 120 valence electrons. The van der Waals surface area contributed by atoms with Gasteiger partial charge >= 0.3 is 0 Å². The summed E-state index contributed by atoms with van der Waals surface area (Å²) < 4.78 is 5.16. The molecule has 1 fully saturated rings. The Morgan fingerprint density at radius 3 is 2.52 bits per heavy atom. The van der Waals surface area contributed by atoms with E-state index in [0.717, 1.165) is 24.2 Å². The van der Waals surface area contributed by atoms with E-state index in [1.165, 1.54) is 12.1 Å². The molecule has 2 aromatic carbocycles. The van der Waals surface area contributed by atoms with E-state index < -0.39 is 0 Å². The van der Waals surface area contributed by atoms with Crippen molar-refractivity contribution in [3.05, 3.63) is 58.6 Å². The van der Waals surface area contributed by atoms with E-state index in [1.54, 1.807) is 13.2 Å². The molecule has 1 amide bonds. The predicted molar refractivity (Wildman–Crippen MR) is 89.0 cm³/mol. The van der Waals surface area contributed by atoms with Crippen molar-refractivity contribution in [3.8, 4) is 11.5 Å². The molecule has 1 saturated carbocycles. The zero-order valence-corrected chi connectivity index (χ0v) is 13.6. The lowest BCUT2D eigenvalue weighted by atomic mass is 10.1. The third-order valence-electron chi connectivity index (χ3n) is 3.96. The van der Waals surface area contributed by atoms with Gasteiger partial charge in [-0.15, -0.1) is 0 Å². The molecule has 0 atom stereocenters. The number of phenols is 1. The summed E-state index contributed by atoms with van der Waals surface area (Å²) in [6.07, 6.45) is 2.04. The Balaban J connectivity index is 1.80. The number of benzene rings is 2. The van der Waals surface area contributed by atoms with Gasteiger partial charge < -0.3 is 14.7 Å². The van der Waals surface area contributed by atoms with E-state index in [9.17, 15) is 9.90 Å². The molecule has 2 aromatic rings. The number of rotatable bonds is 5. The van der Waals surface area contributed by atoms with E-state index >= 15 is 0 Å². The van der Waals surface area contributed by atoms with Crippen molar-refractivity contribution in [2.45, 2.75) is 25.4 Å². The SMILES string of the molecule is COc1ccc(CN(C(=O)c2ccc(O)c(Cl)c2)C2CC2)cc1. The van der Waals surface area contributed by atoms with Gasteiger partial charge in [0.1, 0.15) is 11.5 Å². The van der Waals surface area contributed by atoms with Crippen LogP contribution in [0.4, 0.5) is 0 Å². The number of carbonyl (C=O) groups excluding carboxylic acids is 1. The summed E-state index contributed by atoms with van der Waals surface area (Å²) >= 11 is 5.92. The van der Waals surface area contributed by atoms with Crippen LogP contribution in [0, 0.1) is 0 Å². The summed E-state index contributed by atoms with van der Waals surface area (Å²) in [5, 5.41) is 9.69. The maximum absolute atomic E-state index is 12.8. The maximum atomic E-state index is 12.8. The van der Waals surface area contributed by atoms with Crippen LogP contribution >= 0.6 is 11.6 Å². The van der Waals surface area contributed by atoms with Crippen LogP contribution in [0.2, 0.25) is 5.02 Å². The van der Waals surface area contributed by atoms with Crippen LogP contribution in [0.3, 0.4) is 0 Å². The number of amides is 1. The Labute approximate surface area is 140 Å². The smallest absolute Gasteiger partial charge is 0.254 e. The van der Waals surface area contributed by atoms with Gasteiger partial charge in [-0.1, -0.05) is 23.7 Å². The van der Waals surface area contributed by atoms with Crippen molar-refractivity contribution in [1.82, 2.24) is 4.90 Å². The molecule has 1 aliphatic rings. The van der Waals surface area contributed by atoms with Crippen molar-refractivity contribution in [2.75, 3.05) is 7.11 Å². The molecule has 1 N–H and O–H groups in total. The molecule has 23 heavy (non-hydrogen) atoms. The molecule has 0 aromatic heterocycles. The topological polar surface area (TPSA) is 49.8 Å². The third-order valence-corrected chi connectivity index (χ3v) is 4.26. The Bertz CT molecular complexity index is 711. The van der Waals surface area contributed by atoms with Gasteiger partial charge in [-0.2, -0.15) is 0 Å². The summed E-state index contributed by atoms with van der Waals surface area (Å²) in [6, 6.07) is 12.6. The molecule has 4 nitrogen and oxygen atoms in total. The average molecular weight is 332 g/mol. The van der Waals surface area contributed by atoms with Crippen LogP contribution in [0.1, 0.15) is 28.8 Å². The van der Waals surface area contributed by atoms with Crippen molar-refractivity contribution < 1.29 is 14.6 Å². The van der Waals surface area contributed by atoms with Crippen LogP contribution in [0.25, 0.3) is 0 Å². The van der Waals surface area contributed by atoms with Gasteiger partial charge in [-0.3, -0.25) is 4.79 Å². The lowest BCUT2D eigenvalue weighted by Gasteiger charge is -2.23. The van der Waals surface area contributed by atoms with E-state index in [0.29, 0.717) is 12.1 Å². The highest BCUT2D eigenvalue weighted by molar-refractivity contribution is 6.32. The lowest BCUT2D eigenvalue weighted by Crippen LogP contribution is -2.32. The molecular weight excluding hydrogens is 314 g/mol. The number of methoxy groups -OCH3 is 1. The third kappa shape index (κ3) is 3.59. The van der Waals surface area contributed by atoms with Gasteiger partial charge in [0.2, 0.25) is 0 Å². The Hall–Kier alpha value is -2.20. The monoisotopic (exact) mass is 331 g/mol. The highest BCUT2D eigenvalue weighted by Crippen LogP contribution is 2.31. The molecule has 0 spiro atoms. The number of phenolic OH excluding ortho intramolecular Hbond substituents is 1. The fourth-order valence-corrected chi connectivity index (χ4v) is 2.67. The van der Waals surface area contributed by atoms with Gasteiger partial charge in [0.15, 0.2) is 0 Å². The second-order valence-corrected chi connectivity index (χ2v) is 6.09. The van der Waals surface area contributed by atoms with E-state index in [2.05, 4.69) is 0 Å². The van der Waals surface area contributed by atoms with Gasteiger partial charge in [0.25, 0.3) is 5.91 Å². The van der Waals surface area contributed by atoms with Crippen LogP contribution in [0.5, 0.6) is 11.5 Å². The largest absolute Gasteiger partial charge is 0.506 e. The Kier molecular flexibility index (Phi) is 4.44. The highest BCUT2D eigenvalue weighted by Gasteiger charge is 2.33. The number of nitrogens with zero attached hydrogens (tertiary/aromatic N) is 1. The average Bonchev–Trinajstić information content (AvgIpc) is 3.40. The number of hydrogen-bond donors (Lipinski definition) is 1. The number of aromatic hydroxyl groups is 1. The van der Waals surface area contributed by atoms with E-state index in [1.807, 2.05) is 29.2 Å². The highest BCUT2D eigenvalue weighted by atomic mass is 35.5. The van der Waals surface area contributed by atoms with Crippen molar-refractivity contribution in [3.63, 3.8) is 0 Å². The van der Waals surface area contributed by atoms with Crippen LogP contribution in [0.15, 0.2) is 42.5 Å².